The normalized spacial score (nSPS) is 10.5. The molecular weight excluding hydrogens is 232 g/mol. The predicted molar refractivity (Wildman–Crippen MR) is 83.6 cm³/mol. The molecule has 0 aliphatic heterocycles. The molecule has 2 aromatic rings. The molecule has 0 saturated heterocycles. The highest BCUT2D eigenvalue weighted by molar-refractivity contribution is 5.71. The summed E-state index contributed by atoms with van der Waals surface area (Å²) in [5, 5.41) is 0. The molecule has 0 aromatic heterocycles. The standard InChI is InChI=1S/C17H22N2/c1-12-8-9-15(14(3)10-12)11-19(4)17-13(2)6-5-7-16(17)18/h5-10H,11,18H2,1-4H3. The summed E-state index contributed by atoms with van der Waals surface area (Å²) in [6.07, 6.45) is 0. The van der Waals surface area contributed by atoms with E-state index >= 15 is 0 Å². The minimum absolute atomic E-state index is 0.840. The molecule has 0 spiro atoms. The van der Waals surface area contributed by atoms with Crippen LogP contribution in [0.4, 0.5) is 11.4 Å². The van der Waals surface area contributed by atoms with Crippen LogP contribution in [0.3, 0.4) is 0 Å². The lowest BCUT2D eigenvalue weighted by atomic mass is 10.0. The Balaban J connectivity index is 2.28. The molecule has 2 nitrogen and oxygen atoms in total. The van der Waals surface area contributed by atoms with E-state index in [-0.39, 0.29) is 0 Å². The van der Waals surface area contributed by atoms with Crippen molar-refractivity contribution in [1.82, 2.24) is 0 Å². The van der Waals surface area contributed by atoms with Crippen LogP contribution in [0.1, 0.15) is 22.3 Å². The Morgan fingerprint density at radius 3 is 2.37 bits per heavy atom. The Hall–Kier alpha value is -1.96. The highest BCUT2D eigenvalue weighted by Gasteiger charge is 2.10. The van der Waals surface area contributed by atoms with Crippen LogP contribution in [-0.2, 0) is 6.54 Å². The van der Waals surface area contributed by atoms with Crippen LogP contribution >= 0.6 is 0 Å². The van der Waals surface area contributed by atoms with E-state index < -0.39 is 0 Å². The first-order chi connectivity index (χ1) is 8.99. The molecule has 0 atom stereocenters. The Morgan fingerprint density at radius 1 is 1.00 bits per heavy atom. The molecule has 19 heavy (non-hydrogen) atoms. The van der Waals surface area contributed by atoms with Crippen LogP contribution in [-0.4, -0.2) is 7.05 Å². The second-order valence-electron chi connectivity index (χ2n) is 5.30. The van der Waals surface area contributed by atoms with Crippen LogP contribution in [0.25, 0.3) is 0 Å². The Labute approximate surface area is 115 Å². The summed E-state index contributed by atoms with van der Waals surface area (Å²) in [4.78, 5) is 2.22. The van der Waals surface area contributed by atoms with Crippen molar-refractivity contribution in [3.05, 3.63) is 58.7 Å². The van der Waals surface area contributed by atoms with Gasteiger partial charge < -0.3 is 10.6 Å². The van der Waals surface area contributed by atoms with Gasteiger partial charge in [-0.3, -0.25) is 0 Å². The molecule has 2 aromatic carbocycles. The summed E-state index contributed by atoms with van der Waals surface area (Å²) in [7, 11) is 2.10. The number of hydrogen-bond donors (Lipinski definition) is 1. The third kappa shape index (κ3) is 2.90. The quantitative estimate of drug-likeness (QED) is 0.843. The summed E-state index contributed by atoms with van der Waals surface area (Å²) >= 11 is 0. The summed E-state index contributed by atoms with van der Waals surface area (Å²) < 4.78 is 0. The van der Waals surface area contributed by atoms with Gasteiger partial charge in [0.1, 0.15) is 0 Å². The molecule has 0 radical (unpaired) electrons. The Bertz CT molecular complexity index is 568. The van der Waals surface area contributed by atoms with E-state index in [1.165, 1.54) is 22.3 Å². The van der Waals surface area contributed by atoms with E-state index in [1.54, 1.807) is 0 Å². The van der Waals surface area contributed by atoms with Gasteiger partial charge in [-0.05, 0) is 43.5 Å². The third-order valence-corrected chi connectivity index (χ3v) is 3.56. The number of anilines is 2. The Morgan fingerprint density at radius 2 is 1.74 bits per heavy atom. The fourth-order valence-corrected chi connectivity index (χ4v) is 2.56. The van der Waals surface area contributed by atoms with Gasteiger partial charge in [-0.2, -0.15) is 0 Å². The first-order valence-electron chi connectivity index (χ1n) is 6.61. The average molecular weight is 254 g/mol. The van der Waals surface area contributed by atoms with E-state index in [1.807, 2.05) is 12.1 Å². The minimum atomic E-state index is 0.840. The molecule has 2 heteroatoms. The van der Waals surface area contributed by atoms with E-state index in [0.29, 0.717) is 0 Å². The number of para-hydroxylation sites is 1. The molecular formula is C17H22N2. The van der Waals surface area contributed by atoms with Gasteiger partial charge in [0.25, 0.3) is 0 Å². The zero-order chi connectivity index (χ0) is 14.0. The van der Waals surface area contributed by atoms with Gasteiger partial charge >= 0.3 is 0 Å². The van der Waals surface area contributed by atoms with Crippen LogP contribution in [0.15, 0.2) is 36.4 Å². The van der Waals surface area contributed by atoms with Gasteiger partial charge in [0, 0.05) is 13.6 Å². The molecule has 0 unspecified atom stereocenters. The fourth-order valence-electron chi connectivity index (χ4n) is 2.56. The lowest BCUT2D eigenvalue weighted by Crippen LogP contribution is -2.19. The second kappa shape index (κ2) is 5.35. The van der Waals surface area contributed by atoms with Crippen molar-refractivity contribution in [2.24, 2.45) is 0 Å². The number of hydrogen-bond acceptors (Lipinski definition) is 2. The number of benzene rings is 2. The molecule has 0 amide bonds. The van der Waals surface area contributed by atoms with Crippen molar-refractivity contribution in [3.63, 3.8) is 0 Å². The molecule has 0 aliphatic rings. The van der Waals surface area contributed by atoms with E-state index in [0.717, 1.165) is 17.9 Å². The summed E-state index contributed by atoms with van der Waals surface area (Å²) in [5.74, 6) is 0. The molecule has 0 heterocycles. The predicted octanol–water partition coefficient (Wildman–Crippen LogP) is 3.83. The molecule has 2 N–H and O–H groups in total. The number of nitrogens with two attached hydrogens (primary N) is 1. The van der Waals surface area contributed by atoms with Crippen molar-refractivity contribution in [3.8, 4) is 0 Å². The van der Waals surface area contributed by atoms with Crippen LogP contribution in [0.2, 0.25) is 0 Å². The molecule has 0 aliphatic carbocycles. The van der Waals surface area contributed by atoms with Crippen LogP contribution < -0.4 is 10.6 Å². The van der Waals surface area contributed by atoms with Gasteiger partial charge in [0.05, 0.1) is 11.4 Å². The number of nitrogens with zero attached hydrogens (tertiary/aromatic N) is 1. The SMILES string of the molecule is Cc1ccc(CN(C)c2c(C)cccc2N)c(C)c1. The molecule has 100 valence electrons. The second-order valence-corrected chi connectivity index (χ2v) is 5.30. The monoisotopic (exact) mass is 254 g/mol. The van der Waals surface area contributed by atoms with Crippen LogP contribution in [0.5, 0.6) is 0 Å². The van der Waals surface area contributed by atoms with Gasteiger partial charge in [0.15, 0.2) is 0 Å². The number of nitrogen functional groups attached to an aromatic ring is 1. The third-order valence-electron chi connectivity index (χ3n) is 3.56. The van der Waals surface area contributed by atoms with Gasteiger partial charge in [-0.15, -0.1) is 0 Å². The van der Waals surface area contributed by atoms with Crippen molar-refractivity contribution >= 4 is 11.4 Å². The molecule has 0 fully saturated rings. The summed E-state index contributed by atoms with van der Waals surface area (Å²) in [6, 6.07) is 12.7. The first-order valence-corrected chi connectivity index (χ1v) is 6.61. The smallest absolute Gasteiger partial charge is 0.0630 e. The maximum Gasteiger partial charge on any atom is 0.0630 e. The van der Waals surface area contributed by atoms with Crippen molar-refractivity contribution < 1.29 is 0 Å². The molecule has 0 bridgehead atoms. The lowest BCUT2D eigenvalue weighted by Gasteiger charge is -2.24. The van der Waals surface area contributed by atoms with Crippen molar-refractivity contribution in [2.75, 3.05) is 17.7 Å². The lowest BCUT2D eigenvalue weighted by molar-refractivity contribution is 0.910. The van der Waals surface area contributed by atoms with Crippen molar-refractivity contribution in [2.45, 2.75) is 27.3 Å². The fraction of sp³-hybridized carbons (Fsp3) is 0.294. The largest absolute Gasteiger partial charge is 0.397 e. The van der Waals surface area contributed by atoms with Crippen LogP contribution in [0, 0.1) is 20.8 Å². The Kier molecular flexibility index (Phi) is 3.79. The molecule has 0 saturated carbocycles. The highest BCUT2D eigenvalue weighted by atomic mass is 15.1. The highest BCUT2D eigenvalue weighted by Crippen LogP contribution is 2.28. The van der Waals surface area contributed by atoms with Gasteiger partial charge in [0.2, 0.25) is 0 Å². The zero-order valence-corrected chi connectivity index (χ0v) is 12.2. The summed E-state index contributed by atoms with van der Waals surface area (Å²) in [6.45, 7) is 7.27. The maximum atomic E-state index is 6.10. The number of aryl methyl sites for hydroxylation is 3. The van der Waals surface area contributed by atoms with Gasteiger partial charge in [-0.1, -0.05) is 35.9 Å². The minimum Gasteiger partial charge on any atom is -0.397 e. The zero-order valence-electron chi connectivity index (χ0n) is 12.2. The first kappa shape index (κ1) is 13.5. The van der Waals surface area contributed by atoms with E-state index in [9.17, 15) is 0 Å². The van der Waals surface area contributed by atoms with Crippen molar-refractivity contribution in [1.29, 1.82) is 0 Å². The van der Waals surface area contributed by atoms with Gasteiger partial charge in [-0.25, -0.2) is 0 Å². The van der Waals surface area contributed by atoms with E-state index in [4.69, 9.17) is 5.73 Å². The summed E-state index contributed by atoms with van der Waals surface area (Å²) in [5.41, 5.74) is 13.3. The average Bonchev–Trinajstić information content (AvgIpc) is 2.32. The number of rotatable bonds is 3. The molecule has 2 rings (SSSR count). The topological polar surface area (TPSA) is 29.3 Å². The maximum absolute atomic E-state index is 6.10. The van der Waals surface area contributed by atoms with E-state index in [2.05, 4.69) is 57.0 Å².